The highest BCUT2D eigenvalue weighted by Crippen LogP contribution is 2.38. The van der Waals surface area contributed by atoms with Crippen molar-refractivity contribution in [3.8, 4) is 11.5 Å². The maximum Gasteiger partial charge on any atom is 0.299 e. The lowest BCUT2D eigenvalue weighted by molar-refractivity contribution is -0.132. The summed E-state index contributed by atoms with van der Waals surface area (Å²) in [6.07, 6.45) is 0.443. The highest BCUT2D eigenvalue weighted by Gasteiger charge is 2.40. The number of carbonyl (C=O) groups excluding carboxylic acids is 3. The van der Waals surface area contributed by atoms with E-state index in [0.29, 0.717) is 28.6 Å². The normalized spacial score (nSPS) is 16.4. The maximum absolute atomic E-state index is 13.8. The summed E-state index contributed by atoms with van der Waals surface area (Å²) in [6.45, 7) is -0.350. The van der Waals surface area contributed by atoms with Crippen LogP contribution in [0.3, 0.4) is 0 Å². The number of carbonyl (C=O) groups is 3. The summed E-state index contributed by atoms with van der Waals surface area (Å²) in [5.74, 6) is -0.804. The van der Waals surface area contributed by atoms with Crippen molar-refractivity contribution in [1.29, 1.82) is 0 Å². The number of hydrogen-bond donors (Lipinski definition) is 0. The molecule has 0 saturated heterocycles. The van der Waals surface area contributed by atoms with Crippen LogP contribution in [0.2, 0.25) is 5.02 Å². The summed E-state index contributed by atoms with van der Waals surface area (Å²) in [5, 5.41) is 8.66. The van der Waals surface area contributed by atoms with E-state index >= 15 is 0 Å². The number of hydrazone groups is 1. The summed E-state index contributed by atoms with van der Waals surface area (Å²) in [5.41, 5.74) is 2.96. The summed E-state index contributed by atoms with van der Waals surface area (Å²) in [6, 6.07) is 23.7. The minimum absolute atomic E-state index is 0.184. The molecular weight excluding hydrogens is 530 g/mol. The first-order valence-corrected chi connectivity index (χ1v) is 13.0. The number of hydrogen-bond acceptors (Lipinski definition) is 6. The lowest BCUT2D eigenvalue weighted by Crippen LogP contribution is -2.40. The Morgan fingerprint density at radius 2 is 1.70 bits per heavy atom. The molecule has 40 heavy (non-hydrogen) atoms. The fourth-order valence-corrected chi connectivity index (χ4v) is 5.41. The number of halogens is 1. The SMILES string of the molecule is COc1ccc(C2CC(c3ccc4ccccc4c3)=NN2C(=O)CN2C(=O)C(=O)c3cc(Cl)ccc32)cc1OC. The summed E-state index contributed by atoms with van der Waals surface area (Å²) >= 11 is 6.04. The van der Waals surface area contributed by atoms with Crippen molar-refractivity contribution in [3.63, 3.8) is 0 Å². The molecule has 2 heterocycles. The van der Waals surface area contributed by atoms with Crippen LogP contribution >= 0.6 is 11.6 Å². The monoisotopic (exact) mass is 553 g/mol. The zero-order chi connectivity index (χ0) is 28.0. The van der Waals surface area contributed by atoms with Gasteiger partial charge in [-0.2, -0.15) is 5.10 Å². The van der Waals surface area contributed by atoms with Gasteiger partial charge in [0.15, 0.2) is 11.5 Å². The van der Waals surface area contributed by atoms with Gasteiger partial charge in [0, 0.05) is 11.4 Å². The smallest absolute Gasteiger partial charge is 0.299 e. The van der Waals surface area contributed by atoms with Crippen molar-refractivity contribution in [2.24, 2.45) is 5.10 Å². The van der Waals surface area contributed by atoms with Gasteiger partial charge in [-0.25, -0.2) is 5.01 Å². The zero-order valence-corrected chi connectivity index (χ0v) is 22.5. The molecule has 6 rings (SSSR count). The number of amides is 2. The van der Waals surface area contributed by atoms with Gasteiger partial charge in [-0.3, -0.25) is 19.3 Å². The Bertz CT molecular complexity index is 1730. The van der Waals surface area contributed by atoms with Crippen LogP contribution in [-0.2, 0) is 9.59 Å². The Hall–Kier alpha value is -4.69. The van der Waals surface area contributed by atoms with E-state index in [0.717, 1.165) is 27.6 Å². The van der Waals surface area contributed by atoms with Crippen LogP contribution in [0, 0.1) is 0 Å². The van der Waals surface area contributed by atoms with E-state index in [1.807, 2.05) is 48.5 Å². The highest BCUT2D eigenvalue weighted by atomic mass is 35.5. The van der Waals surface area contributed by atoms with Crippen molar-refractivity contribution < 1.29 is 23.9 Å². The van der Waals surface area contributed by atoms with Crippen molar-refractivity contribution in [2.45, 2.75) is 12.5 Å². The Morgan fingerprint density at radius 1 is 0.925 bits per heavy atom. The van der Waals surface area contributed by atoms with Crippen LogP contribution in [-0.4, -0.2) is 49.1 Å². The van der Waals surface area contributed by atoms with Crippen molar-refractivity contribution in [3.05, 3.63) is 101 Å². The van der Waals surface area contributed by atoms with Gasteiger partial charge < -0.3 is 9.47 Å². The Morgan fingerprint density at radius 3 is 2.48 bits per heavy atom. The van der Waals surface area contributed by atoms with Crippen molar-refractivity contribution >= 4 is 51.4 Å². The van der Waals surface area contributed by atoms with Gasteiger partial charge in [0.1, 0.15) is 6.54 Å². The molecule has 0 bridgehead atoms. The molecule has 4 aromatic rings. The molecule has 200 valence electrons. The molecule has 2 amide bonds. The van der Waals surface area contributed by atoms with Gasteiger partial charge >= 0.3 is 0 Å². The first-order valence-electron chi connectivity index (χ1n) is 12.6. The lowest BCUT2D eigenvalue weighted by Gasteiger charge is -2.25. The fourth-order valence-electron chi connectivity index (χ4n) is 5.24. The first-order chi connectivity index (χ1) is 19.4. The van der Waals surface area contributed by atoms with E-state index < -0.39 is 23.6 Å². The number of methoxy groups -OCH3 is 2. The van der Waals surface area contributed by atoms with E-state index in [1.54, 1.807) is 32.4 Å². The minimum Gasteiger partial charge on any atom is -0.493 e. The molecule has 0 radical (unpaired) electrons. The van der Waals surface area contributed by atoms with Gasteiger partial charge in [0.2, 0.25) is 0 Å². The predicted octanol–water partition coefficient (Wildman–Crippen LogP) is 5.42. The van der Waals surface area contributed by atoms with Crippen LogP contribution in [0.1, 0.15) is 33.9 Å². The molecule has 8 nitrogen and oxygen atoms in total. The second-order valence-electron chi connectivity index (χ2n) is 9.56. The molecule has 9 heteroatoms. The molecule has 0 aromatic heterocycles. The van der Waals surface area contributed by atoms with Gasteiger partial charge in [0.05, 0.1) is 37.2 Å². The second kappa shape index (κ2) is 10.1. The highest BCUT2D eigenvalue weighted by molar-refractivity contribution is 6.53. The topological polar surface area (TPSA) is 88.5 Å². The van der Waals surface area contributed by atoms with Crippen LogP contribution < -0.4 is 14.4 Å². The number of anilines is 1. The molecule has 0 saturated carbocycles. The van der Waals surface area contributed by atoms with E-state index in [1.165, 1.54) is 16.0 Å². The number of rotatable bonds is 6. The van der Waals surface area contributed by atoms with Gasteiger partial charge in [-0.15, -0.1) is 0 Å². The van der Waals surface area contributed by atoms with Crippen LogP contribution in [0.5, 0.6) is 11.5 Å². The van der Waals surface area contributed by atoms with Crippen molar-refractivity contribution in [2.75, 3.05) is 25.7 Å². The van der Waals surface area contributed by atoms with Gasteiger partial charge in [-0.05, 0) is 58.3 Å². The molecule has 1 atom stereocenters. The Kier molecular flexibility index (Phi) is 6.48. The average Bonchev–Trinajstić information content (AvgIpc) is 3.52. The predicted molar refractivity (Wildman–Crippen MR) is 152 cm³/mol. The van der Waals surface area contributed by atoms with E-state index in [9.17, 15) is 14.4 Å². The lowest BCUT2D eigenvalue weighted by atomic mass is 9.96. The first kappa shape index (κ1) is 25.6. The average molecular weight is 554 g/mol. The second-order valence-corrected chi connectivity index (χ2v) is 10.00. The number of Topliss-reactive ketones (excluding diaryl/α,β-unsaturated/α-hetero) is 1. The molecule has 2 aliphatic heterocycles. The number of ether oxygens (including phenoxy) is 2. The number of benzene rings is 4. The fraction of sp³-hybridized carbons (Fsp3) is 0.161. The molecular formula is C31H24ClN3O5. The number of ketones is 1. The van der Waals surface area contributed by atoms with Gasteiger partial charge in [-0.1, -0.05) is 54.1 Å². The van der Waals surface area contributed by atoms with Crippen LogP contribution in [0.15, 0.2) is 84.0 Å². The molecule has 1 unspecified atom stereocenters. The number of fused-ring (bicyclic) bond motifs is 2. The minimum atomic E-state index is -0.772. The largest absolute Gasteiger partial charge is 0.493 e. The van der Waals surface area contributed by atoms with Gasteiger partial charge in [0.25, 0.3) is 17.6 Å². The van der Waals surface area contributed by atoms with E-state index in [2.05, 4.69) is 6.07 Å². The van der Waals surface area contributed by atoms with Crippen molar-refractivity contribution in [1.82, 2.24) is 5.01 Å². The standard InChI is InChI=1S/C31H24ClN3O5/c1-39-27-12-9-21(14-28(27)40-2)26-16-24(20-8-7-18-5-3-4-6-19(18)13-20)33-35(26)29(36)17-34-25-11-10-22(32)15-23(25)30(37)31(34)38/h3-15,26H,16-17H2,1-2H3. The maximum atomic E-state index is 13.8. The molecule has 0 aliphatic carbocycles. The van der Waals surface area contributed by atoms with E-state index in [4.69, 9.17) is 26.2 Å². The molecule has 4 aromatic carbocycles. The summed E-state index contributed by atoms with van der Waals surface area (Å²) < 4.78 is 10.9. The molecule has 0 N–H and O–H groups in total. The quantitative estimate of drug-likeness (QED) is 0.298. The molecule has 2 aliphatic rings. The Balaban J connectivity index is 1.37. The molecule has 0 spiro atoms. The van der Waals surface area contributed by atoms with E-state index in [-0.39, 0.29) is 12.1 Å². The van der Waals surface area contributed by atoms with Crippen LogP contribution in [0.25, 0.3) is 10.8 Å². The third-order valence-corrected chi connectivity index (χ3v) is 7.50. The third-order valence-electron chi connectivity index (χ3n) is 7.27. The third kappa shape index (κ3) is 4.36. The zero-order valence-electron chi connectivity index (χ0n) is 21.8. The Labute approximate surface area is 235 Å². The molecule has 0 fully saturated rings. The summed E-state index contributed by atoms with van der Waals surface area (Å²) in [7, 11) is 3.11. The summed E-state index contributed by atoms with van der Waals surface area (Å²) in [4.78, 5) is 40.4. The number of nitrogens with zero attached hydrogens (tertiary/aromatic N) is 3. The van der Waals surface area contributed by atoms with Crippen LogP contribution in [0.4, 0.5) is 5.69 Å².